The molecule has 4 rings (SSSR count). The van der Waals surface area contributed by atoms with Crippen molar-refractivity contribution in [3.05, 3.63) is 54.2 Å². The van der Waals surface area contributed by atoms with Gasteiger partial charge in [0, 0.05) is 26.3 Å². The number of hydrogen-bond donors (Lipinski definition) is 3. The van der Waals surface area contributed by atoms with E-state index >= 15 is 0 Å². The van der Waals surface area contributed by atoms with Gasteiger partial charge in [0.15, 0.2) is 0 Å². The molecule has 4 N–H and O–H groups in total. The first-order valence-corrected chi connectivity index (χ1v) is 14.4. The van der Waals surface area contributed by atoms with E-state index in [4.69, 9.17) is 15.7 Å². The number of nitrogen functional groups attached to an aromatic ring is 1. The number of nitrogens with two attached hydrogens (primary N) is 1. The molecular formula is C28H39N7O3S. The van der Waals surface area contributed by atoms with Gasteiger partial charge in [-0.15, -0.1) is 0 Å². The Hall–Kier alpha value is -3.73. The molecule has 0 radical (unpaired) electrons. The highest BCUT2D eigenvalue weighted by atomic mass is 32.2. The van der Waals surface area contributed by atoms with Gasteiger partial charge in [-0.05, 0) is 68.0 Å². The molecule has 3 aromatic rings. The van der Waals surface area contributed by atoms with Gasteiger partial charge in [-0.2, -0.15) is 0 Å². The molecule has 0 spiro atoms. The van der Waals surface area contributed by atoms with Gasteiger partial charge in [0.05, 0.1) is 17.0 Å². The van der Waals surface area contributed by atoms with Crippen LogP contribution in [-0.4, -0.2) is 47.9 Å². The Labute approximate surface area is 232 Å². The van der Waals surface area contributed by atoms with E-state index in [-0.39, 0.29) is 28.7 Å². The molecule has 4 heterocycles. The maximum absolute atomic E-state index is 13.5. The molecule has 210 valence electrons. The first-order valence-electron chi connectivity index (χ1n) is 12.9. The SMILES string of the molecule is C[C@@H]1CN(c2nc(-c3cccc(NCC(C)(C)C)n3)ccc2C(=O)NS(=O)(=O)c2cccnc2N)C(C)(C)C1.[HH]. The van der Waals surface area contributed by atoms with Crippen molar-refractivity contribution in [2.24, 2.45) is 11.3 Å². The van der Waals surface area contributed by atoms with Crippen molar-refractivity contribution in [2.45, 2.75) is 58.4 Å². The number of pyridine rings is 3. The summed E-state index contributed by atoms with van der Waals surface area (Å²) < 4.78 is 28.2. The van der Waals surface area contributed by atoms with Crippen molar-refractivity contribution in [3.63, 3.8) is 0 Å². The van der Waals surface area contributed by atoms with Crippen LogP contribution in [0.3, 0.4) is 0 Å². The van der Waals surface area contributed by atoms with Gasteiger partial charge >= 0.3 is 0 Å². The number of hydrogen-bond acceptors (Lipinski definition) is 9. The number of carbonyl (C=O) groups is 1. The van der Waals surface area contributed by atoms with Crippen LogP contribution < -0.4 is 20.7 Å². The summed E-state index contributed by atoms with van der Waals surface area (Å²) in [5, 5.41) is 3.36. The van der Waals surface area contributed by atoms with E-state index in [0.717, 1.165) is 18.8 Å². The van der Waals surface area contributed by atoms with E-state index in [2.05, 4.69) is 61.5 Å². The van der Waals surface area contributed by atoms with Gasteiger partial charge in [0.2, 0.25) is 0 Å². The van der Waals surface area contributed by atoms with Crippen LogP contribution >= 0.6 is 0 Å². The number of aromatic nitrogens is 3. The van der Waals surface area contributed by atoms with Crippen LogP contribution in [0.1, 0.15) is 59.7 Å². The Balaban J connectivity index is 0.00000441. The largest absolute Gasteiger partial charge is 0.383 e. The summed E-state index contributed by atoms with van der Waals surface area (Å²) in [6.45, 7) is 14.2. The van der Waals surface area contributed by atoms with Crippen LogP contribution in [0.5, 0.6) is 0 Å². The molecule has 0 unspecified atom stereocenters. The third kappa shape index (κ3) is 6.47. The van der Waals surface area contributed by atoms with E-state index in [9.17, 15) is 13.2 Å². The molecule has 1 amide bonds. The number of nitrogens with zero attached hydrogens (tertiary/aromatic N) is 4. The van der Waals surface area contributed by atoms with E-state index < -0.39 is 15.9 Å². The number of amides is 1. The molecule has 1 atom stereocenters. The number of sulfonamides is 1. The summed E-state index contributed by atoms with van der Waals surface area (Å²) in [4.78, 5) is 28.7. The minimum Gasteiger partial charge on any atom is -0.383 e. The second-order valence-electron chi connectivity index (χ2n) is 11.9. The minimum absolute atomic E-state index is 0. The van der Waals surface area contributed by atoms with Crippen LogP contribution in [0.2, 0.25) is 0 Å². The zero-order valence-electron chi connectivity index (χ0n) is 23.3. The lowest BCUT2D eigenvalue weighted by Crippen LogP contribution is -2.41. The van der Waals surface area contributed by atoms with E-state index in [1.807, 2.05) is 18.2 Å². The molecule has 11 heteroatoms. The van der Waals surface area contributed by atoms with Crippen LogP contribution in [-0.2, 0) is 10.0 Å². The number of anilines is 3. The predicted molar refractivity (Wildman–Crippen MR) is 156 cm³/mol. The highest BCUT2D eigenvalue weighted by Crippen LogP contribution is 2.38. The van der Waals surface area contributed by atoms with Crippen molar-refractivity contribution in [1.29, 1.82) is 0 Å². The van der Waals surface area contributed by atoms with Crippen LogP contribution in [0.4, 0.5) is 17.5 Å². The molecule has 0 bridgehead atoms. The summed E-state index contributed by atoms with van der Waals surface area (Å²) in [5.74, 6) is 0.512. The standard InChI is InChI=1S/C28H37N7O3S.H2/c1-18-15-28(5,6)35(16-18)25-19(26(36)34-39(37,38)22-10-8-14-30-24(22)29)12-13-21(33-25)20-9-7-11-23(32-20)31-17-27(2,3)4;/h7-14,18H,15-17H2,1-6H3,(H2,29,30)(H,31,32)(H,34,36);1H/t18-;/m0./s1. The molecule has 1 aliphatic heterocycles. The molecule has 10 nitrogen and oxygen atoms in total. The molecule has 0 aromatic carbocycles. The third-order valence-electron chi connectivity index (χ3n) is 6.58. The maximum Gasteiger partial charge on any atom is 0.268 e. The van der Waals surface area contributed by atoms with E-state index in [1.54, 1.807) is 12.1 Å². The van der Waals surface area contributed by atoms with Crippen molar-refractivity contribution < 1.29 is 14.6 Å². The van der Waals surface area contributed by atoms with Gasteiger partial charge in [0.1, 0.15) is 22.3 Å². The summed E-state index contributed by atoms with van der Waals surface area (Å²) in [6.07, 6.45) is 2.28. The average molecular weight is 554 g/mol. The van der Waals surface area contributed by atoms with E-state index in [1.165, 1.54) is 18.3 Å². The first-order chi connectivity index (χ1) is 18.2. The Bertz CT molecular complexity index is 1490. The number of nitrogens with one attached hydrogen (secondary N) is 2. The molecular weight excluding hydrogens is 514 g/mol. The summed E-state index contributed by atoms with van der Waals surface area (Å²) in [5.41, 5.74) is 6.92. The Morgan fingerprint density at radius 2 is 1.85 bits per heavy atom. The fraction of sp³-hybridized carbons (Fsp3) is 0.429. The smallest absolute Gasteiger partial charge is 0.268 e. The number of rotatable bonds is 7. The molecule has 0 aliphatic carbocycles. The molecule has 3 aromatic heterocycles. The van der Waals surface area contributed by atoms with Gasteiger partial charge in [-0.3, -0.25) is 4.79 Å². The summed E-state index contributed by atoms with van der Waals surface area (Å²) >= 11 is 0. The lowest BCUT2D eigenvalue weighted by Gasteiger charge is -2.34. The van der Waals surface area contributed by atoms with Crippen LogP contribution in [0.15, 0.2) is 53.6 Å². The van der Waals surface area contributed by atoms with Gasteiger partial charge in [0.25, 0.3) is 15.9 Å². The second-order valence-corrected chi connectivity index (χ2v) is 13.6. The zero-order valence-corrected chi connectivity index (χ0v) is 24.1. The fourth-order valence-electron chi connectivity index (χ4n) is 4.83. The van der Waals surface area contributed by atoms with E-state index in [0.29, 0.717) is 29.7 Å². The van der Waals surface area contributed by atoms with Crippen LogP contribution in [0, 0.1) is 11.3 Å². The van der Waals surface area contributed by atoms with Gasteiger partial charge in [-0.25, -0.2) is 28.1 Å². The second kappa shape index (κ2) is 10.4. The first kappa shape index (κ1) is 28.3. The number of carbonyl (C=O) groups excluding carboxylic acids is 1. The van der Waals surface area contributed by atoms with Gasteiger partial charge < -0.3 is 16.0 Å². The maximum atomic E-state index is 13.5. The average Bonchev–Trinajstić information content (AvgIpc) is 3.13. The van der Waals surface area contributed by atoms with Gasteiger partial charge in [-0.1, -0.05) is 33.8 Å². The molecule has 1 aliphatic rings. The quantitative estimate of drug-likeness (QED) is 0.383. The van der Waals surface area contributed by atoms with Crippen molar-refractivity contribution in [2.75, 3.05) is 29.0 Å². The van der Waals surface area contributed by atoms with Crippen LogP contribution in [0.25, 0.3) is 11.4 Å². The summed E-state index contributed by atoms with van der Waals surface area (Å²) in [6, 6.07) is 11.7. The third-order valence-corrected chi connectivity index (χ3v) is 7.95. The lowest BCUT2D eigenvalue weighted by atomic mass is 9.97. The topological polar surface area (TPSA) is 143 Å². The fourth-order valence-corrected chi connectivity index (χ4v) is 5.88. The monoisotopic (exact) mass is 553 g/mol. The molecule has 1 saturated heterocycles. The predicted octanol–water partition coefficient (Wildman–Crippen LogP) is 4.57. The molecule has 39 heavy (non-hydrogen) atoms. The lowest BCUT2D eigenvalue weighted by molar-refractivity contribution is 0.0981. The Morgan fingerprint density at radius 3 is 2.49 bits per heavy atom. The van der Waals surface area contributed by atoms with Crippen molar-refractivity contribution in [1.82, 2.24) is 19.7 Å². The highest BCUT2D eigenvalue weighted by molar-refractivity contribution is 7.90. The normalized spacial score (nSPS) is 17.2. The molecule has 0 saturated carbocycles. The van der Waals surface area contributed by atoms with Crippen molar-refractivity contribution >= 4 is 33.4 Å². The zero-order chi connectivity index (χ0) is 28.6. The van der Waals surface area contributed by atoms with Crippen molar-refractivity contribution in [3.8, 4) is 11.4 Å². The Kier molecular flexibility index (Phi) is 7.57. The summed E-state index contributed by atoms with van der Waals surface area (Å²) in [7, 11) is -4.26. The minimum atomic E-state index is -4.26. The Morgan fingerprint density at radius 1 is 1.13 bits per heavy atom. The highest BCUT2D eigenvalue weighted by Gasteiger charge is 2.39. The molecule has 1 fully saturated rings.